The number of nitrogens with one attached hydrogen (secondary N) is 3. The van der Waals surface area contributed by atoms with Gasteiger partial charge in [-0.3, -0.25) is 24.0 Å². The molecule has 0 aromatic rings. The van der Waals surface area contributed by atoms with Crippen molar-refractivity contribution in [3.63, 3.8) is 0 Å². The minimum atomic E-state index is -1.18. The molecule has 242 valence electrons. The number of carboxylic acids is 1. The molecule has 1 aliphatic rings. The molecule has 11 heteroatoms. The zero-order valence-electron chi connectivity index (χ0n) is 25.9. The van der Waals surface area contributed by atoms with E-state index in [1.165, 1.54) is 69.1 Å². The van der Waals surface area contributed by atoms with Gasteiger partial charge in [-0.25, -0.2) is 0 Å². The molecule has 4 amide bonds. The summed E-state index contributed by atoms with van der Waals surface area (Å²) in [4.78, 5) is 62.9. The summed E-state index contributed by atoms with van der Waals surface area (Å²) in [6.45, 7) is 2.36. The third kappa shape index (κ3) is 17.3. The van der Waals surface area contributed by atoms with Crippen LogP contribution in [-0.4, -0.2) is 77.9 Å². The quantitative estimate of drug-likeness (QED) is 0.101. The minimum Gasteiger partial charge on any atom is -0.480 e. The van der Waals surface area contributed by atoms with E-state index in [0.29, 0.717) is 51.6 Å². The van der Waals surface area contributed by atoms with E-state index in [1.807, 2.05) is 0 Å². The first-order valence-electron chi connectivity index (χ1n) is 16.4. The fourth-order valence-electron chi connectivity index (χ4n) is 5.32. The van der Waals surface area contributed by atoms with Crippen LogP contribution in [0.15, 0.2) is 0 Å². The summed E-state index contributed by atoms with van der Waals surface area (Å²) in [7, 11) is 0. The number of rotatable bonds is 25. The molecule has 42 heavy (non-hydrogen) atoms. The van der Waals surface area contributed by atoms with E-state index in [-0.39, 0.29) is 18.4 Å². The van der Waals surface area contributed by atoms with Crippen molar-refractivity contribution in [1.82, 2.24) is 20.9 Å². The predicted octanol–water partition coefficient (Wildman–Crippen LogP) is 3.39. The average Bonchev–Trinajstić information content (AvgIpc) is 3.47. The summed E-state index contributed by atoms with van der Waals surface area (Å²) in [5, 5.41) is 16.5. The van der Waals surface area contributed by atoms with Crippen molar-refractivity contribution in [2.24, 2.45) is 5.73 Å². The van der Waals surface area contributed by atoms with E-state index < -0.39 is 36.4 Å². The monoisotopic (exact) mass is 595 g/mol. The van der Waals surface area contributed by atoms with Gasteiger partial charge in [0.25, 0.3) is 0 Å². The lowest BCUT2D eigenvalue weighted by Gasteiger charge is -2.26. The van der Waals surface area contributed by atoms with Crippen LogP contribution in [-0.2, 0) is 24.0 Å². The molecule has 11 nitrogen and oxygen atoms in total. The van der Waals surface area contributed by atoms with Crippen LogP contribution in [0.4, 0.5) is 0 Å². The number of hydrogen-bond donors (Lipinski definition) is 5. The SMILES string of the molecule is CCCCCCCCCCCCCCCC(=O)NCC(=O)N1CCC[C@H]1C(=O)N[C@@H](CCCCN)C(=O)NCC(=O)O. The number of likely N-dealkylation sites (tertiary alicyclic amines) is 1. The molecule has 0 aliphatic carbocycles. The first kappa shape index (κ1) is 37.3. The number of nitrogens with two attached hydrogens (primary N) is 1. The molecule has 0 aromatic carbocycles. The Kier molecular flexibility index (Phi) is 21.2. The topological polar surface area (TPSA) is 171 Å². The summed E-state index contributed by atoms with van der Waals surface area (Å²) in [5.74, 6) is -2.72. The number of amides is 4. The van der Waals surface area contributed by atoms with Gasteiger partial charge >= 0.3 is 5.97 Å². The van der Waals surface area contributed by atoms with E-state index in [2.05, 4.69) is 22.9 Å². The van der Waals surface area contributed by atoms with Crippen molar-refractivity contribution in [2.75, 3.05) is 26.2 Å². The Morgan fingerprint density at radius 1 is 0.810 bits per heavy atom. The molecule has 1 saturated heterocycles. The lowest BCUT2D eigenvalue weighted by molar-refractivity contribution is -0.140. The molecule has 2 atom stereocenters. The van der Waals surface area contributed by atoms with Gasteiger partial charge in [0.15, 0.2) is 0 Å². The van der Waals surface area contributed by atoms with E-state index in [4.69, 9.17) is 10.8 Å². The highest BCUT2D eigenvalue weighted by molar-refractivity contribution is 5.94. The normalized spacial score (nSPS) is 15.3. The standard InChI is InChI=1S/C31H57N5O6/c1-2-3-4-5-6-7-8-9-10-11-12-13-14-20-27(37)33-23-28(38)36-22-17-19-26(36)31(42)35-25(18-15-16-21-32)30(41)34-24-29(39)40/h25-26H,2-24,32H2,1H3,(H,33,37)(H,34,41)(H,35,42)(H,39,40)/t25-,26-/m0/s1. The largest absolute Gasteiger partial charge is 0.480 e. The number of unbranched alkanes of at least 4 members (excludes halogenated alkanes) is 13. The summed E-state index contributed by atoms with van der Waals surface area (Å²) in [5.41, 5.74) is 5.53. The maximum absolute atomic E-state index is 13.0. The average molecular weight is 596 g/mol. The van der Waals surface area contributed by atoms with Gasteiger partial charge in [-0.15, -0.1) is 0 Å². The number of hydrogen-bond acceptors (Lipinski definition) is 6. The van der Waals surface area contributed by atoms with Crippen molar-refractivity contribution in [3.8, 4) is 0 Å². The zero-order valence-corrected chi connectivity index (χ0v) is 25.9. The maximum Gasteiger partial charge on any atom is 0.322 e. The summed E-state index contributed by atoms with van der Waals surface area (Å²) in [6, 6.07) is -1.65. The van der Waals surface area contributed by atoms with Crippen LogP contribution in [0, 0.1) is 0 Å². The van der Waals surface area contributed by atoms with Crippen LogP contribution < -0.4 is 21.7 Å². The molecule has 1 fully saturated rings. The molecule has 0 saturated carbocycles. The Balaban J connectivity index is 2.30. The summed E-state index contributed by atoms with van der Waals surface area (Å²) >= 11 is 0. The van der Waals surface area contributed by atoms with Crippen LogP contribution in [0.1, 0.15) is 129 Å². The maximum atomic E-state index is 13.0. The molecule has 6 N–H and O–H groups in total. The number of carboxylic acid groups (broad SMARTS) is 1. The van der Waals surface area contributed by atoms with Crippen LogP contribution in [0.3, 0.4) is 0 Å². The highest BCUT2D eigenvalue weighted by Crippen LogP contribution is 2.18. The fraction of sp³-hybridized carbons (Fsp3) is 0.839. The zero-order chi connectivity index (χ0) is 31.0. The Bertz CT molecular complexity index is 809. The van der Waals surface area contributed by atoms with E-state index in [0.717, 1.165) is 19.3 Å². The molecular weight excluding hydrogens is 538 g/mol. The molecule has 0 radical (unpaired) electrons. The molecule has 0 spiro atoms. The molecule has 0 aromatic heterocycles. The second-order valence-electron chi connectivity index (χ2n) is 11.5. The van der Waals surface area contributed by atoms with Gasteiger partial charge in [-0.05, 0) is 45.1 Å². The highest BCUT2D eigenvalue weighted by Gasteiger charge is 2.35. The Hall–Kier alpha value is -2.69. The van der Waals surface area contributed by atoms with Gasteiger partial charge in [0.2, 0.25) is 23.6 Å². The lowest BCUT2D eigenvalue weighted by Crippen LogP contribution is -2.54. The van der Waals surface area contributed by atoms with Crippen LogP contribution >= 0.6 is 0 Å². The highest BCUT2D eigenvalue weighted by atomic mass is 16.4. The van der Waals surface area contributed by atoms with Crippen molar-refractivity contribution < 1.29 is 29.1 Å². The second kappa shape index (κ2) is 23.8. The predicted molar refractivity (Wildman–Crippen MR) is 164 cm³/mol. The van der Waals surface area contributed by atoms with Gasteiger partial charge in [0.05, 0.1) is 6.54 Å². The van der Waals surface area contributed by atoms with Crippen LogP contribution in [0.2, 0.25) is 0 Å². The Morgan fingerprint density at radius 2 is 1.40 bits per heavy atom. The lowest BCUT2D eigenvalue weighted by atomic mass is 10.0. The van der Waals surface area contributed by atoms with Crippen molar-refractivity contribution in [2.45, 2.75) is 141 Å². The van der Waals surface area contributed by atoms with E-state index in [9.17, 15) is 24.0 Å². The number of aliphatic carboxylic acids is 1. The fourth-order valence-corrected chi connectivity index (χ4v) is 5.32. The summed E-state index contributed by atoms with van der Waals surface area (Å²) < 4.78 is 0. The molecule has 1 heterocycles. The van der Waals surface area contributed by atoms with Crippen molar-refractivity contribution in [1.29, 1.82) is 0 Å². The molecule has 1 rings (SSSR count). The third-order valence-corrected chi connectivity index (χ3v) is 7.81. The van der Waals surface area contributed by atoms with Crippen molar-refractivity contribution >= 4 is 29.6 Å². The Labute approximate surface area is 252 Å². The van der Waals surface area contributed by atoms with Crippen LogP contribution in [0.25, 0.3) is 0 Å². The van der Waals surface area contributed by atoms with Gasteiger partial charge in [0.1, 0.15) is 18.6 Å². The van der Waals surface area contributed by atoms with Crippen LogP contribution in [0.5, 0.6) is 0 Å². The van der Waals surface area contributed by atoms with E-state index in [1.54, 1.807) is 0 Å². The first-order valence-corrected chi connectivity index (χ1v) is 16.4. The molecular formula is C31H57N5O6. The van der Waals surface area contributed by atoms with Gasteiger partial charge in [-0.2, -0.15) is 0 Å². The Morgan fingerprint density at radius 3 is 1.98 bits per heavy atom. The molecule has 1 aliphatic heterocycles. The summed E-state index contributed by atoms with van der Waals surface area (Å²) in [6.07, 6.45) is 19.1. The number of nitrogens with zero attached hydrogens (tertiary/aromatic N) is 1. The van der Waals surface area contributed by atoms with Gasteiger partial charge in [0, 0.05) is 13.0 Å². The molecule has 0 bridgehead atoms. The van der Waals surface area contributed by atoms with E-state index >= 15 is 0 Å². The molecule has 0 unspecified atom stereocenters. The van der Waals surface area contributed by atoms with Crippen molar-refractivity contribution in [3.05, 3.63) is 0 Å². The number of carbonyl (C=O) groups excluding carboxylic acids is 4. The van der Waals surface area contributed by atoms with Gasteiger partial charge < -0.3 is 31.7 Å². The third-order valence-electron chi connectivity index (χ3n) is 7.81. The smallest absolute Gasteiger partial charge is 0.322 e. The number of carbonyl (C=O) groups is 5. The minimum absolute atomic E-state index is 0.165. The van der Waals surface area contributed by atoms with Gasteiger partial charge in [-0.1, -0.05) is 84.0 Å². The first-order chi connectivity index (χ1) is 20.3. The second-order valence-corrected chi connectivity index (χ2v) is 11.5.